The Labute approximate surface area is 157 Å². The van der Waals surface area contributed by atoms with Crippen LogP contribution in [0.15, 0.2) is 48.5 Å². The third kappa shape index (κ3) is 3.42. The fourth-order valence-corrected chi connectivity index (χ4v) is 3.31. The third-order valence-corrected chi connectivity index (χ3v) is 4.52. The minimum Gasteiger partial charge on any atom is -0.406 e. The van der Waals surface area contributed by atoms with Crippen LogP contribution >= 0.6 is 11.6 Å². The lowest BCUT2D eigenvalue weighted by Gasteiger charge is -2.16. The van der Waals surface area contributed by atoms with Crippen molar-refractivity contribution in [2.75, 3.05) is 0 Å². The van der Waals surface area contributed by atoms with Crippen molar-refractivity contribution in [1.82, 2.24) is 14.8 Å². The highest BCUT2D eigenvalue weighted by atomic mass is 35.5. The van der Waals surface area contributed by atoms with Gasteiger partial charge in [0.05, 0.1) is 5.69 Å². The van der Waals surface area contributed by atoms with Gasteiger partial charge in [-0.3, -0.25) is 4.57 Å². The molecule has 1 aromatic heterocycles. The zero-order valence-corrected chi connectivity index (χ0v) is 14.8. The van der Waals surface area contributed by atoms with Gasteiger partial charge in [0, 0.05) is 17.0 Å². The normalized spacial score (nSPS) is 13.4. The van der Waals surface area contributed by atoms with Crippen molar-refractivity contribution >= 4 is 17.2 Å². The molecule has 0 spiro atoms. The number of aryl methyl sites for hydroxylation is 1. The van der Waals surface area contributed by atoms with Gasteiger partial charge in [-0.2, -0.15) is 0 Å². The first-order chi connectivity index (χ1) is 12.8. The maximum atomic E-state index is 12.7. The number of hydrogen-bond donors (Lipinski definition) is 0. The van der Waals surface area contributed by atoms with E-state index in [-0.39, 0.29) is 5.75 Å². The van der Waals surface area contributed by atoms with Gasteiger partial charge in [-0.1, -0.05) is 29.8 Å². The Morgan fingerprint density at radius 3 is 2.52 bits per heavy atom. The van der Waals surface area contributed by atoms with Crippen molar-refractivity contribution in [2.45, 2.75) is 19.7 Å². The van der Waals surface area contributed by atoms with Crippen molar-refractivity contribution in [3.63, 3.8) is 0 Å². The summed E-state index contributed by atoms with van der Waals surface area (Å²) in [6, 6.07) is 11.4. The standard InChI is InChI=1S/C19H13ClF3N3O/c1-11-24-25-18-9-7-15(12-2-4-13(20)5-3-12)16-10-14(27-19(21,22)23)6-8-17(16)26(11)18/h2-8,10H,9H2,1H3. The summed E-state index contributed by atoms with van der Waals surface area (Å²) in [7, 11) is 0. The van der Waals surface area contributed by atoms with E-state index in [1.54, 1.807) is 25.1 Å². The first-order valence-electron chi connectivity index (χ1n) is 8.09. The molecule has 0 radical (unpaired) electrons. The fourth-order valence-electron chi connectivity index (χ4n) is 3.18. The van der Waals surface area contributed by atoms with Crippen LogP contribution in [0.5, 0.6) is 5.75 Å². The van der Waals surface area contributed by atoms with Crippen molar-refractivity contribution in [3.8, 4) is 11.4 Å². The van der Waals surface area contributed by atoms with Crippen molar-refractivity contribution < 1.29 is 17.9 Å². The monoisotopic (exact) mass is 391 g/mol. The molecule has 0 bridgehead atoms. The van der Waals surface area contributed by atoms with Crippen molar-refractivity contribution in [3.05, 3.63) is 76.3 Å². The van der Waals surface area contributed by atoms with E-state index < -0.39 is 6.36 Å². The third-order valence-electron chi connectivity index (χ3n) is 4.27. The van der Waals surface area contributed by atoms with E-state index >= 15 is 0 Å². The Hall–Kier alpha value is -2.80. The van der Waals surface area contributed by atoms with Gasteiger partial charge in [-0.05, 0) is 48.4 Å². The summed E-state index contributed by atoms with van der Waals surface area (Å²) in [5.41, 5.74) is 2.90. The highest BCUT2D eigenvalue weighted by Gasteiger charge is 2.32. The molecule has 2 heterocycles. The maximum absolute atomic E-state index is 12.7. The lowest BCUT2D eigenvalue weighted by Crippen LogP contribution is -2.17. The van der Waals surface area contributed by atoms with Crippen LogP contribution in [0.2, 0.25) is 5.02 Å². The number of allylic oxidation sites excluding steroid dienone is 1. The van der Waals surface area contributed by atoms with Gasteiger partial charge in [0.25, 0.3) is 0 Å². The van der Waals surface area contributed by atoms with Gasteiger partial charge in [0.15, 0.2) is 0 Å². The summed E-state index contributed by atoms with van der Waals surface area (Å²) in [4.78, 5) is 0. The van der Waals surface area contributed by atoms with Gasteiger partial charge < -0.3 is 4.74 Å². The topological polar surface area (TPSA) is 39.9 Å². The number of nitrogens with zero attached hydrogens (tertiary/aromatic N) is 3. The minimum absolute atomic E-state index is 0.282. The van der Waals surface area contributed by atoms with Gasteiger partial charge in [0.2, 0.25) is 0 Å². The molecule has 4 nitrogen and oxygen atoms in total. The molecule has 0 N–H and O–H groups in total. The zero-order chi connectivity index (χ0) is 19.2. The Bertz CT molecular complexity index is 1040. The van der Waals surface area contributed by atoms with E-state index in [2.05, 4.69) is 14.9 Å². The van der Waals surface area contributed by atoms with E-state index in [9.17, 15) is 13.2 Å². The number of halogens is 4. The van der Waals surface area contributed by atoms with Crippen LogP contribution in [-0.2, 0) is 6.42 Å². The molecule has 0 aliphatic carbocycles. The van der Waals surface area contributed by atoms with Gasteiger partial charge in [-0.15, -0.1) is 23.4 Å². The molecule has 0 saturated heterocycles. The van der Waals surface area contributed by atoms with Gasteiger partial charge in [0.1, 0.15) is 17.4 Å². The Morgan fingerprint density at radius 1 is 1.07 bits per heavy atom. The predicted octanol–water partition coefficient (Wildman–Crippen LogP) is 5.12. The number of aromatic nitrogens is 3. The summed E-state index contributed by atoms with van der Waals surface area (Å²) in [5, 5.41) is 8.84. The lowest BCUT2D eigenvalue weighted by atomic mass is 9.96. The molecule has 0 amide bonds. The van der Waals surface area contributed by atoms with Crippen LogP contribution in [-0.4, -0.2) is 21.1 Å². The lowest BCUT2D eigenvalue weighted by molar-refractivity contribution is -0.274. The Balaban J connectivity index is 1.92. The van der Waals surface area contributed by atoms with E-state index in [0.717, 1.165) is 11.1 Å². The highest BCUT2D eigenvalue weighted by Crippen LogP contribution is 2.36. The molecule has 3 aromatic rings. The van der Waals surface area contributed by atoms with Crippen LogP contribution in [0.25, 0.3) is 11.3 Å². The molecule has 1 aliphatic heterocycles. The molecular weight excluding hydrogens is 379 g/mol. The Kier molecular flexibility index (Phi) is 4.19. The predicted molar refractivity (Wildman–Crippen MR) is 95.0 cm³/mol. The van der Waals surface area contributed by atoms with Gasteiger partial charge in [-0.25, -0.2) is 0 Å². The molecule has 8 heteroatoms. The highest BCUT2D eigenvalue weighted by molar-refractivity contribution is 6.30. The van der Waals surface area contributed by atoms with Crippen molar-refractivity contribution in [1.29, 1.82) is 0 Å². The molecule has 1 aliphatic rings. The number of alkyl halides is 3. The Morgan fingerprint density at radius 2 is 1.81 bits per heavy atom. The molecule has 2 aromatic carbocycles. The number of rotatable bonds is 2. The largest absolute Gasteiger partial charge is 0.573 e. The minimum atomic E-state index is -4.76. The van der Waals surface area contributed by atoms with E-state index in [1.165, 1.54) is 12.1 Å². The first-order valence-corrected chi connectivity index (χ1v) is 8.47. The SMILES string of the molecule is Cc1nnc2n1-c1ccc(OC(F)(F)F)cc1C(c1ccc(Cl)cc1)=CC2. The van der Waals surface area contributed by atoms with Crippen LogP contribution in [0, 0.1) is 6.92 Å². The van der Waals surface area contributed by atoms with Crippen LogP contribution in [0.4, 0.5) is 13.2 Å². The van der Waals surface area contributed by atoms with Crippen molar-refractivity contribution in [2.24, 2.45) is 0 Å². The molecule has 0 saturated carbocycles. The number of benzene rings is 2. The molecule has 0 atom stereocenters. The zero-order valence-electron chi connectivity index (χ0n) is 14.1. The van der Waals surface area contributed by atoms with Crippen LogP contribution in [0.1, 0.15) is 22.8 Å². The summed E-state index contributed by atoms with van der Waals surface area (Å²) in [6.45, 7) is 1.80. The summed E-state index contributed by atoms with van der Waals surface area (Å²) < 4.78 is 44.0. The number of hydrogen-bond acceptors (Lipinski definition) is 3. The summed E-state index contributed by atoms with van der Waals surface area (Å²) in [6.07, 6.45) is -2.35. The molecule has 138 valence electrons. The second-order valence-electron chi connectivity index (χ2n) is 6.05. The molecule has 27 heavy (non-hydrogen) atoms. The quantitative estimate of drug-likeness (QED) is 0.609. The fraction of sp³-hybridized carbons (Fsp3) is 0.158. The average Bonchev–Trinajstić information content (AvgIpc) is 2.88. The average molecular weight is 392 g/mol. The summed E-state index contributed by atoms with van der Waals surface area (Å²) in [5.74, 6) is 1.08. The van der Waals surface area contributed by atoms with E-state index in [4.69, 9.17) is 11.6 Å². The van der Waals surface area contributed by atoms with Crippen LogP contribution < -0.4 is 4.74 Å². The maximum Gasteiger partial charge on any atom is 0.573 e. The van der Waals surface area contributed by atoms with E-state index in [1.807, 2.05) is 22.8 Å². The second-order valence-corrected chi connectivity index (χ2v) is 6.49. The smallest absolute Gasteiger partial charge is 0.406 e. The molecule has 0 fully saturated rings. The number of ether oxygens (including phenoxy) is 1. The summed E-state index contributed by atoms with van der Waals surface area (Å²) >= 11 is 5.97. The molecule has 0 unspecified atom stereocenters. The number of fused-ring (bicyclic) bond motifs is 3. The first kappa shape index (κ1) is 17.6. The van der Waals surface area contributed by atoms with Gasteiger partial charge >= 0.3 is 6.36 Å². The molecular formula is C19H13ClF3N3O. The second kappa shape index (κ2) is 6.42. The molecule has 4 rings (SSSR count). The van der Waals surface area contributed by atoms with E-state index in [0.29, 0.717) is 34.3 Å². The van der Waals surface area contributed by atoms with Crippen LogP contribution in [0.3, 0.4) is 0 Å².